The highest BCUT2D eigenvalue weighted by Gasteiger charge is 2.42. The van der Waals surface area contributed by atoms with Gasteiger partial charge in [-0.3, -0.25) is 0 Å². The van der Waals surface area contributed by atoms with Crippen LogP contribution in [-0.4, -0.2) is 35.6 Å². The molecule has 4 N–H and O–H groups in total. The average Bonchev–Trinajstić information content (AvgIpc) is 2.97. The summed E-state index contributed by atoms with van der Waals surface area (Å²) < 4.78 is 0. The van der Waals surface area contributed by atoms with Crippen molar-refractivity contribution in [1.29, 1.82) is 0 Å². The van der Waals surface area contributed by atoms with Crippen LogP contribution >= 0.6 is 11.8 Å². The average molecular weight is 231 g/mol. The third kappa shape index (κ3) is 4.30. The van der Waals surface area contributed by atoms with Crippen molar-refractivity contribution in [2.45, 2.75) is 31.4 Å². The zero-order chi connectivity index (χ0) is 11.3. The molecule has 15 heavy (non-hydrogen) atoms. The molecule has 0 aromatic heterocycles. The molecule has 0 radical (unpaired) electrons. The van der Waals surface area contributed by atoms with Gasteiger partial charge in [-0.05, 0) is 24.5 Å². The molecule has 1 rings (SSSR count). The summed E-state index contributed by atoms with van der Waals surface area (Å²) >= 11 is 1.86. The summed E-state index contributed by atoms with van der Waals surface area (Å²) in [5.41, 5.74) is 5.80. The molecule has 1 unspecified atom stereocenters. The standard InChI is InChI=1S/C10H21N3OS/c1-8(15-2)6-12-7-10(3-4-10)5-9(11)13-14/h8,12,14H,3-7H2,1-2H3,(H2,11,13). The lowest BCUT2D eigenvalue weighted by Crippen LogP contribution is -2.31. The molecule has 1 aliphatic rings. The monoisotopic (exact) mass is 231 g/mol. The number of hydrogen-bond donors (Lipinski definition) is 3. The topological polar surface area (TPSA) is 70.6 Å². The second-order valence-electron chi connectivity index (χ2n) is 4.45. The minimum absolute atomic E-state index is 0.272. The fourth-order valence-corrected chi connectivity index (χ4v) is 1.92. The van der Waals surface area contributed by atoms with E-state index >= 15 is 0 Å². The van der Waals surface area contributed by atoms with Crippen LogP contribution in [0, 0.1) is 5.41 Å². The van der Waals surface area contributed by atoms with Crippen LogP contribution < -0.4 is 11.1 Å². The van der Waals surface area contributed by atoms with Crippen molar-refractivity contribution in [3.8, 4) is 0 Å². The molecule has 0 aromatic rings. The molecule has 0 amide bonds. The molecule has 0 aromatic carbocycles. The molecular formula is C10H21N3OS. The molecule has 0 saturated heterocycles. The zero-order valence-corrected chi connectivity index (χ0v) is 10.3. The van der Waals surface area contributed by atoms with Gasteiger partial charge >= 0.3 is 0 Å². The van der Waals surface area contributed by atoms with Crippen LogP contribution in [0.3, 0.4) is 0 Å². The number of amidine groups is 1. The molecular weight excluding hydrogens is 210 g/mol. The molecule has 0 spiro atoms. The first kappa shape index (κ1) is 12.6. The van der Waals surface area contributed by atoms with Gasteiger partial charge in [0.1, 0.15) is 5.84 Å². The number of nitrogens with zero attached hydrogens (tertiary/aromatic N) is 1. The molecule has 1 fully saturated rings. The van der Waals surface area contributed by atoms with Crippen LogP contribution in [-0.2, 0) is 0 Å². The van der Waals surface area contributed by atoms with E-state index in [0.717, 1.165) is 13.1 Å². The normalized spacial score (nSPS) is 21.3. The summed E-state index contributed by atoms with van der Waals surface area (Å²) in [6.07, 6.45) is 5.20. The van der Waals surface area contributed by atoms with Crippen LogP contribution in [0.15, 0.2) is 5.16 Å². The van der Waals surface area contributed by atoms with Gasteiger partial charge in [0.25, 0.3) is 0 Å². The molecule has 88 valence electrons. The maximum atomic E-state index is 8.52. The van der Waals surface area contributed by atoms with Gasteiger partial charge in [0.2, 0.25) is 0 Å². The van der Waals surface area contributed by atoms with Gasteiger partial charge in [-0.2, -0.15) is 11.8 Å². The van der Waals surface area contributed by atoms with Crippen LogP contribution in [0.25, 0.3) is 0 Å². The van der Waals surface area contributed by atoms with E-state index in [2.05, 4.69) is 23.7 Å². The van der Waals surface area contributed by atoms with Gasteiger partial charge in [-0.25, -0.2) is 0 Å². The Balaban J connectivity index is 2.20. The molecule has 0 aliphatic heterocycles. The summed E-state index contributed by atoms with van der Waals surface area (Å²) in [4.78, 5) is 0. The maximum Gasteiger partial charge on any atom is 0.139 e. The van der Waals surface area contributed by atoms with Crippen molar-refractivity contribution in [1.82, 2.24) is 5.32 Å². The summed E-state index contributed by atoms with van der Waals surface area (Å²) in [7, 11) is 0. The summed E-state index contributed by atoms with van der Waals surface area (Å²) in [6.45, 7) is 4.22. The van der Waals surface area contributed by atoms with E-state index < -0.39 is 0 Å². The van der Waals surface area contributed by atoms with E-state index in [9.17, 15) is 0 Å². The molecule has 1 aliphatic carbocycles. The SMILES string of the molecule is CSC(C)CNCC1(CC(N)=NO)CC1. The van der Waals surface area contributed by atoms with Crippen LogP contribution in [0.2, 0.25) is 0 Å². The number of hydrogen-bond acceptors (Lipinski definition) is 4. The van der Waals surface area contributed by atoms with Gasteiger partial charge in [-0.15, -0.1) is 0 Å². The number of oxime groups is 1. The van der Waals surface area contributed by atoms with E-state index in [4.69, 9.17) is 10.9 Å². The zero-order valence-electron chi connectivity index (χ0n) is 9.49. The number of rotatable bonds is 7. The summed E-state index contributed by atoms with van der Waals surface area (Å²) in [5.74, 6) is 0.354. The fraction of sp³-hybridized carbons (Fsp3) is 0.900. The van der Waals surface area contributed by atoms with Crippen molar-refractivity contribution in [3.63, 3.8) is 0 Å². The highest BCUT2D eigenvalue weighted by molar-refractivity contribution is 7.99. The van der Waals surface area contributed by atoms with Crippen molar-refractivity contribution in [3.05, 3.63) is 0 Å². The van der Waals surface area contributed by atoms with E-state index in [0.29, 0.717) is 17.5 Å². The Bertz CT molecular complexity index is 229. The van der Waals surface area contributed by atoms with Gasteiger partial charge in [-0.1, -0.05) is 12.1 Å². The molecule has 4 nitrogen and oxygen atoms in total. The fourth-order valence-electron chi connectivity index (χ4n) is 1.64. The van der Waals surface area contributed by atoms with Gasteiger partial charge in [0.15, 0.2) is 0 Å². The molecule has 1 atom stereocenters. The predicted octanol–water partition coefficient (Wildman–Crippen LogP) is 1.24. The van der Waals surface area contributed by atoms with Crippen molar-refractivity contribution in [2.75, 3.05) is 19.3 Å². The summed E-state index contributed by atoms with van der Waals surface area (Å²) in [6, 6.07) is 0. The Morgan fingerprint density at radius 1 is 1.67 bits per heavy atom. The largest absolute Gasteiger partial charge is 0.409 e. The maximum absolute atomic E-state index is 8.52. The second-order valence-corrected chi connectivity index (χ2v) is 5.72. The Morgan fingerprint density at radius 3 is 2.80 bits per heavy atom. The Kier molecular flexibility index (Phi) is 4.73. The lowest BCUT2D eigenvalue weighted by atomic mass is 10.0. The minimum atomic E-state index is 0.272. The predicted molar refractivity (Wildman–Crippen MR) is 65.5 cm³/mol. The minimum Gasteiger partial charge on any atom is -0.409 e. The van der Waals surface area contributed by atoms with E-state index in [1.807, 2.05) is 11.8 Å². The van der Waals surface area contributed by atoms with E-state index in [1.54, 1.807) is 0 Å². The molecule has 1 saturated carbocycles. The number of thioether (sulfide) groups is 1. The number of nitrogens with two attached hydrogens (primary N) is 1. The van der Waals surface area contributed by atoms with Crippen LogP contribution in [0.4, 0.5) is 0 Å². The van der Waals surface area contributed by atoms with Crippen molar-refractivity contribution < 1.29 is 5.21 Å². The lowest BCUT2D eigenvalue weighted by Gasteiger charge is -2.16. The van der Waals surface area contributed by atoms with E-state index in [1.165, 1.54) is 12.8 Å². The van der Waals surface area contributed by atoms with Crippen molar-refractivity contribution in [2.24, 2.45) is 16.3 Å². The Labute approximate surface area is 95.7 Å². The van der Waals surface area contributed by atoms with Gasteiger partial charge in [0.05, 0.1) is 0 Å². The highest BCUT2D eigenvalue weighted by atomic mass is 32.2. The van der Waals surface area contributed by atoms with Crippen molar-refractivity contribution >= 4 is 17.6 Å². The number of nitrogens with one attached hydrogen (secondary N) is 1. The first-order valence-electron chi connectivity index (χ1n) is 5.32. The molecule has 0 bridgehead atoms. The van der Waals surface area contributed by atoms with Crippen LogP contribution in [0.1, 0.15) is 26.2 Å². The van der Waals surface area contributed by atoms with Gasteiger partial charge < -0.3 is 16.3 Å². The first-order valence-corrected chi connectivity index (χ1v) is 6.60. The molecule has 5 heteroatoms. The Morgan fingerprint density at radius 2 is 2.33 bits per heavy atom. The highest BCUT2D eigenvalue weighted by Crippen LogP contribution is 2.48. The molecule has 0 heterocycles. The summed E-state index contributed by atoms with van der Waals surface area (Å²) in [5, 5.41) is 15.7. The third-order valence-electron chi connectivity index (χ3n) is 2.98. The lowest BCUT2D eigenvalue weighted by molar-refractivity contribution is 0.314. The third-order valence-corrected chi connectivity index (χ3v) is 3.95. The first-order chi connectivity index (χ1) is 7.12. The quantitative estimate of drug-likeness (QED) is 0.267. The Hall–Kier alpha value is -0.420. The smallest absolute Gasteiger partial charge is 0.139 e. The second kappa shape index (κ2) is 5.61. The van der Waals surface area contributed by atoms with E-state index in [-0.39, 0.29) is 5.41 Å². The van der Waals surface area contributed by atoms with Gasteiger partial charge in [0, 0.05) is 24.8 Å². The van der Waals surface area contributed by atoms with Crippen LogP contribution in [0.5, 0.6) is 0 Å².